The highest BCUT2D eigenvalue weighted by Gasteiger charge is 2.26. The molecule has 1 aliphatic heterocycles. The molecule has 1 unspecified atom stereocenters. The molecular weight excluding hydrogens is 204 g/mol. The van der Waals surface area contributed by atoms with E-state index >= 15 is 0 Å². The summed E-state index contributed by atoms with van der Waals surface area (Å²) < 4.78 is 5.08. The van der Waals surface area contributed by atoms with Crippen LogP contribution in [0.4, 0.5) is 4.79 Å². The largest absolute Gasteiger partial charge is 0.382 e. The van der Waals surface area contributed by atoms with Gasteiger partial charge in [0.25, 0.3) is 0 Å². The minimum Gasteiger partial charge on any atom is -0.382 e. The van der Waals surface area contributed by atoms with Crippen molar-refractivity contribution in [3.63, 3.8) is 0 Å². The summed E-state index contributed by atoms with van der Waals surface area (Å²) in [6.45, 7) is 8.42. The summed E-state index contributed by atoms with van der Waals surface area (Å²) in [5.74, 6) is 0.616. The smallest absolute Gasteiger partial charge is 0.317 e. The molecule has 2 amide bonds. The zero-order chi connectivity index (χ0) is 12.2. The van der Waals surface area contributed by atoms with Crippen molar-refractivity contribution in [1.29, 1.82) is 0 Å². The highest BCUT2D eigenvalue weighted by Crippen LogP contribution is 2.16. The summed E-state index contributed by atoms with van der Waals surface area (Å²) in [7, 11) is 1.65. The minimum absolute atomic E-state index is 0.0357. The molecule has 4 heteroatoms. The predicted octanol–water partition coefficient (Wildman–Crippen LogP) is 1.85. The van der Waals surface area contributed by atoms with Gasteiger partial charge in [0.05, 0.1) is 12.1 Å². The Labute approximate surface area is 98.3 Å². The van der Waals surface area contributed by atoms with Crippen molar-refractivity contribution in [2.75, 3.05) is 26.8 Å². The lowest BCUT2D eigenvalue weighted by atomic mass is 10.0. The monoisotopic (exact) mass is 228 g/mol. The molecule has 0 saturated carbocycles. The SMILES string of the molecule is COCC(C)(C)NC(=O)N1CCCC(C)C1. The Morgan fingerprint density at radius 1 is 1.56 bits per heavy atom. The molecule has 0 aromatic rings. The third kappa shape index (κ3) is 4.00. The topological polar surface area (TPSA) is 41.6 Å². The van der Waals surface area contributed by atoms with E-state index in [-0.39, 0.29) is 11.6 Å². The highest BCUT2D eigenvalue weighted by atomic mass is 16.5. The second-order valence-corrected chi connectivity index (χ2v) is 5.44. The number of methoxy groups -OCH3 is 1. The number of ether oxygens (including phenoxy) is 1. The van der Waals surface area contributed by atoms with Crippen LogP contribution in [0, 0.1) is 5.92 Å². The number of likely N-dealkylation sites (tertiary alicyclic amines) is 1. The van der Waals surface area contributed by atoms with Crippen LogP contribution in [0.15, 0.2) is 0 Å². The zero-order valence-electron chi connectivity index (χ0n) is 10.9. The Morgan fingerprint density at radius 3 is 2.81 bits per heavy atom. The summed E-state index contributed by atoms with van der Waals surface area (Å²) in [5, 5.41) is 3.01. The van der Waals surface area contributed by atoms with Gasteiger partial charge in [-0.25, -0.2) is 4.79 Å². The Kier molecular flexibility index (Phi) is 4.59. The first-order valence-corrected chi connectivity index (χ1v) is 6.00. The Bertz CT molecular complexity index is 241. The van der Waals surface area contributed by atoms with Crippen LogP contribution in [0.1, 0.15) is 33.6 Å². The number of urea groups is 1. The van der Waals surface area contributed by atoms with Crippen LogP contribution in [0.25, 0.3) is 0 Å². The molecule has 0 bridgehead atoms. The maximum absolute atomic E-state index is 12.0. The van der Waals surface area contributed by atoms with Crippen LogP contribution in [-0.2, 0) is 4.74 Å². The van der Waals surface area contributed by atoms with E-state index in [1.54, 1.807) is 7.11 Å². The van der Waals surface area contributed by atoms with Crippen LogP contribution in [0.2, 0.25) is 0 Å². The molecule has 4 nitrogen and oxygen atoms in total. The Balaban J connectivity index is 2.45. The van der Waals surface area contributed by atoms with Gasteiger partial charge in [-0.05, 0) is 32.6 Å². The van der Waals surface area contributed by atoms with Gasteiger partial charge in [-0.1, -0.05) is 6.92 Å². The lowest BCUT2D eigenvalue weighted by Gasteiger charge is -2.34. The quantitative estimate of drug-likeness (QED) is 0.801. The van der Waals surface area contributed by atoms with Gasteiger partial charge in [-0.15, -0.1) is 0 Å². The Morgan fingerprint density at radius 2 is 2.25 bits per heavy atom. The van der Waals surface area contributed by atoms with E-state index in [1.807, 2.05) is 18.7 Å². The summed E-state index contributed by atoms with van der Waals surface area (Å²) in [5.41, 5.74) is -0.299. The molecule has 1 rings (SSSR count). The van der Waals surface area contributed by atoms with E-state index in [0.717, 1.165) is 19.5 Å². The van der Waals surface area contributed by atoms with Gasteiger partial charge >= 0.3 is 6.03 Å². The maximum atomic E-state index is 12.0. The lowest BCUT2D eigenvalue weighted by Crippen LogP contribution is -2.54. The molecule has 0 aromatic heterocycles. The van der Waals surface area contributed by atoms with Crippen LogP contribution < -0.4 is 5.32 Å². The second-order valence-electron chi connectivity index (χ2n) is 5.44. The van der Waals surface area contributed by atoms with E-state index in [2.05, 4.69) is 12.2 Å². The summed E-state index contributed by atoms with van der Waals surface area (Å²) in [6.07, 6.45) is 2.34. The van der Waals surface area contributed by atoms with Gasteiger partial charge in [0.2, 0.25) is 0 Å². The molecule has 1 heterocycles. The second kappa shape index (κ2) is 5.53. The van der Waals surface area contributed by atoms with E-state index in [1.165, 1.54) is 6.42 Å². The standard InChI is InChI=1S/C12H24N2O2/c1-10-6-5-7-14(8-10)11(15)13-12(2,3)9-16-4/h10H,5-9H2,1-4H3,(H,13,15). The van der Waals surface area contributed by atoms with Gasteiger partial charge in [0, 0.05) is 20.2 Å². The summed E-state index contributed by atoms with van der Waals surface area (Å²) >= 11 is 0. The number of hydrogen-bond donors (Lipinski definition) is 1. The fourth-order valence-electron chi connectivity index (χ4n) is 2.14. The van der Waals surface area contributed by atoms with Crippen molar-refractivity contribution in [3.8, 4) is 0 Å². The van der Waals surface area contributed by atoms with Crippen molar-refractivity contribution < 1.29 is 9.53 Å². The van der Waals surface area contributed by atoms with Crippen LogP contribution in [0.5, 0.6) is 0 Å². The first-order chi connectivity index (χ1) is 7.44. The number of amides is 2. The fraction of sp³-hybridized carbons (Fsp3) is 0.917. The first kappa shape index (κ1) is 13.3. The molecule has 1 aliphatic rings. The van der Waals surface area contributed by atoms with Crippen LogP contribution in [-0.4, -0.2) is 43.3 Å². The van der Waals surface area contributed by atoms with Gasteiger partial charge in [0.15, 0.2) is 0 Å². The van der Waals surface area contributed by atoms with Crippen molar-refractivity contribution in [2.45, 2.75) is 39.2 Å². The van der Waals surface area contributed by atoms with Gasteiger partial charge in [-0.3, -0.25) is 0 Å². The Hall–Kier alpha value is -0.770. The van der Waals surface area contributed by atoms with E-state index in [9.17, 15) is 4.79 Å². The third-order valence-electron chi connectivity index (χ3n) is 2.89. The number of carbonyl (C=O) groups is 1. The molecule has 94 valence electrons. The van der Waals surface area contributed by atoms with Crippen molar-refractivity contribution in [2.24, 2.45) is 5.92 Å². The van der Waals surface area contributed by atoms with E-state index in [0.29, 0.717) is 12.5 Å². The molecule has 16 heavy (non-hydrogen) atoms. The molecule has 1 atom stereocenters. The van der Waals surface area contributed by atoms with Crippen LogP contribution >= 0.6 is 0 Å². The predicted molar refractivity (Wildman–Crippen MR) is 64.5 cm³/mol. The number of piperidine rings is 1. The molecular formula is C12H24N2O2. The number of nitrogens with zero attached hydrogens (tertiary/aromatic N) is 1. The summed E-state index contributed by atoms with van der Waals surface area (Å²) in [6, 6.07) is 0.0357. The molecule has 0 radical (unpaired) electrons. The molecule has 0 aromatic carbocycles. The molecule has 0 aliphatic carbocycles. The summed E-state index contributed by atoms with van der Waals surface area (Å²) in [4.78, 5) is 13.9. The average Bonchev–Trinajstić information content (AvgIpc) is 2.16. The molecule has 1 saturated heterocycles. The fourth-order valence-corrected chi connectivity index (χ4v) is 2.14. The number of carbonyl (C=O) groups excluding carboxylic acids is 1. The maximum Gasteiger partial charge on any atom is 0.317 e. The van der Waals surface area contributed by atoms with Gasteiger partial charge < -0.3 is 15.0 Å². The van der Waals surface area contributed by atoms with E-state index in [4.69, 9.17) is 4.74 Å². The van der Waals surface area contributed by atoms with Crippen LogP contribution in [0.3, 0.4) is 0 Å². The molecule has 0 spiro atoms. The molecule has 1 N–H and O–H groups in total. The number of nitrogens with one attached hydrogen (secondary N) is 1. The van der Waals surface area contributed by atoms with Gasteiger partial charge in [0.1, 0.15) is 0 Å². The minimum atomic E-state index is -0.299. The first-order valence-electron chi connectivity index (χ1n) is 6.00. The number of hydrogen-bond acceptors (Lipinski definition) is 2. The van der Waals surface area contributed by atoms with Gasteiger partial charge in [-0.2, -0.15) is 0 Å². The third-order valence-corrected chi connectivity index (χ3v) is 2.89. The lowest BCUT2D eigenvalue weighted by molar-refractivity contribution is 0.116. The molecule has 1 fully saturated rings. The average molecular weight is 228 g/mol. The van der Waals surface area contributed by atoms with Crippen molar-refractivity contribution >= 4 is 6.03 Å². The normalized spacial score (nSPS) is 22.0. The number of rotatable bonds is 3. The van der Waals surface area contributed by atoms with E-state index < -0.39 is 0 Å². The zero-order valence-corrected chi connectivity index (χ0v) is 10.9. The van der Waals surface area contributed by atoms with Crippen molar-refractivity contribution in [3.05, 3.63) is 0 Å². The van der Waals surface area contributed by atoms with Crippen molar-refractivity contribution in [1.82, 2.24) is 10.2 Å². The highest BCUT2D eigenvalue weighted by molar-refractivity contribution is 5.75.